The maximum absolute atomic E-state index is 12.9. The van der Waals surface area contributed by atoms with Crippen LogP contribution in [0.15, 0.2) is 65.8 Å². The highest BCUT2D eigenvalue weighted by Crippen LogP contribution is 2.38. The van der Waals surface area contributed by atoms with Crippen LogP contribution in [-0.4, -0.2) is 39.4 Å². The number of nitrogens with one attached hydrogen (secondary N) is 2. The number of methoxy groups -OCH3 is 3. The summed E-state index contributed by atoms with van der Waals surface area (Å²) in [5, 5.41) is 6.76. The molecule has 0 heterocycles. The van der Waals surface area contributed by atoms with Crippen molar-refractivity contribution in [2.45, 2.75) is 6.92 Å². The normalized spacial score (nSPS) is 10.5. The lowest BCUT2D eigenvalue weighted by Crippen LogP contribution is -2.21. The Kier molecular flexibility index (Phi) is 7.64. The Hall–Kier alpha value is -4.33. The fourth-order valence-electron chi connectivity index (χ4n) is 3.07. The van der Waals surface area contributed by atoms with E-state index < -0.39 is 11.8 Å². The molecule has 0 aromatic heterocycles. The molecular formula is C25H25N3O5. The number of rotatable bonds is 8. The van der Waals surface area contributed by atoms with Crippen molar-refractivity contribution in [1.29, 1.82) is 0 Å². The van der Waals surface area contributed by atoms with E-state index in [2.05, 4.69) is 15.8 Å². The molecule has 0 saturated heterocycles. The molecule has 2 amide bonds. The van der Waals surface area contributed by atoms with Crippen LogP contribution in [0.3, 0.4) is 0 Å². The topological polar surface area (TPSA) is 98.2 Å². The number of hydrogen-bond acceptors (Lipinski definition) is 6. The zero-order chi connectivity index (χ0) is 23.8. The van der Waals surface area contributed by atoms with Gasteiger partial charge in [-0.15, -0.1) is 0 Å². The van der Waals surface area contributed by atoms with E-state index in [1.807, 2.05) is 31.2 Å². The number of amides is 2. The van der Waals surface area contributed by atoms with Crippen LogP contribution in [0.2, 0.25) is 0 Å². The van der Waals surface area contributed by atoms with E-state index in [1.54, 1.807) is 30.5 Å². The molecule has 0 saturated carbocycles. The number of nitrogens with zero attached hydrogens (tertiary/aromatic N) is 1. The summed E-state index contributed by atoms with van der Waals surface area (Å²) in [6.07, 6.45) is 1.55. The van der Waals surface area contributed by atoms with E-state index in [4.69, 9.17) is 14.2 Å². The van der Waals surface area contributed by atoms with Gasteiger partial charge >= 0.3 is 0 Å². The van der Waals surface area contributed by atoms with Gasteiger partial charge in [-0.2, -0.15) is 5.10 Å². The molecule has 0 spiro atoms. The van der Waals surface area contributed by atoms with Gasteiger partial charge in [0, 0.05) is 5.56 Å². The van der Waals surface area contributed by atoms with E-state index in [0.717, 1.165) is 11.1 Å². The summed E-state index contributed by atoms with van der Waals surface area (Å²) in [4.78, 5) is 25.6. The van der Waals surface area contributed by atoms with E-state index in [9.17, 15) is 9.59 Å². The average molecular weight is 447 g/mol. The van der Waals surface area contributed by atoms with Crippen molar-refractivity contribution < 1.29 is 23.8 Å². The second-order valence-corrected chi connectivity index (χ2v) is 7.02. The molecule has 0 fully saturated rings. The second-order valence-electron chi connectivity index (χ2n) is 7.02. The molecule has 0 unspecified atom stereocenters. The minimum Gasteiger partial charge on any atom is -0.493 e. The van der Waals surface area contributed by atoms with Crippen LogP contribution in [-0.2, 0) is 0 Å². The molecule has 0 aliphatic rings. The Bertz CT molecular complexity index is 1150. The van der Waals surface area contributed by atoms with Crippen LogP contribution in [0.1, 0.15) is 31.8 Å². The van der Waals surface area contributed by atoms with Crippen molar-refractivity contribution in [3.8, 4) is 17.2 Å². The maximum Gasteiger partial charge on any atom is 0.273 e. The van der Waals surface area contributed by atoms with Crippen molar-refractivity contribution in [3.63, 3.8) is 0 Å². The first-order valence-electron chi connectivity index (χ1n) is 10.1. The predicted octanol–water partition coefficient (Wildman–Crippen LogP) is 4.04. The van der Waals surface area contributed by atoms with Crippen LogP contribution in [0.4, 0.5) is 5.69 Å². The molecule has 170 valence electrons. The van der Waals surface area contributed by atoms with Crippen LogP contribution in [0.25, 0.3) is 0 Å². The number of benzene rings is 3. The third kappa shape index (κ3) is 5.68. The molecule has 2 N–H and O–H groups in total. The third-order valence-electron chi connectivity index (χ3n) is 4.80. The average Bonchev–Trinajstić information content (AvgIpc) is 2.84. The van der Waals surface area contributed by atoms with Crippen LogP contribution >= 0.6 is 0 Å². The molecule has 3 aromatic rings. The smallest absolute Gasteiger partial charge is 0.273 e. The quantitative estimate of drug-likeness (QED) is 0.401. The minimum absolute atomic E-state index is 0.263. The Labute approximate surface area is 192 Å². The van der Waals surface area contributed by atoms with Crippen molar-refractivity contribution in [2.24, 2.45) is 5.10 Å². The molecule has 0 bridgehead atoms. The van der Waals surface area contributed by atoms with Gasteiger partial charge in [-0.1, -0.05) is 42.0 Å². The van der Waals surface area contributed by atoms with Gasteiger partial charge in [0.15, 0.2) is 11.5 Å². The maximum atomic E-state index is 12.9. The first-order chi connectivity index (χ1) is 16.0. The van der Waals surface area contributed by atoms with Crippen LogP contribution in [0, 0.1) is 6.92 Å². The van der Waals surface area contributed by atoms with Gasteiger partial charge in [-0.05, 0) is 36.8 Å². The SMILES string of the molecule is COc1cc(C(=O)Nc2ccccc2C(=O)N/N=C\c2ccc(C)cc2)cc(OC)c1OC. The highest BCUT2D eigenvalue weighted by molar-refractivity contribution is 6.09. The van der Waals surface area contributed by atoms with Crippen LogP contribution < -0.4 is 25.0 Å². The summed E-state index contributed by atoms with van der Waals surface area (Å²) in [5.41, 5.74) is 5.34. The van der Waals surface area contributed by atoms with Gasteiger partial charge in [0.05, 0.1) is 38.8 Å². The zero-order valence-corrected chi connectivity index (χ0v) is 18.8. The molecular weight excluding hydrogens is 422 g/mol. The molecule has 33 heavy (non-hydrogen) atoms. The summed E-state index contributed by atoms with van der Waals surface area (Å²) in [5.74, 6) is 0.163. The fraction of sp³-hybridized carbons (Fsp3) is 0.160. The summed E-state index contributed by atoms with van der Waals surface area (Å²) in [7, 11) is 4.42. The van der Waals surface area contributed by atoms with E-state index >= 15 is 0 Å². The van der Waals surface area contributed by atoms with Crippen molar-refractivity contribution in [2.75, 3.05) is 26.6 Å². The number of carbonyl (C=O) groups is 2. The Morgan fingerprint density at radius 3 is 2.09 bits per heavy atom. The lowest BCUT2D eigenvalue weighted by Gasteiger charge is -2.15. The monoisotopic (exact) mass is 447 g/mol. The number of hydrogen-bond donors (Lipinski definition) is 2. The molecule has 0 aliphatic heterocycles. The second kappa shape index (κ2) is 10.8. The number of ether oxygens (including phenoxy) is 3. The Morgan fingerprint density at radius 2 is 1.48 bits per heavy atom. The van der Waals surface area contributed by atoms with Crippen molar-refractivity contribution in [1.82, 2.24) is 5.43 Å². The number of para-hydroxylation sites is 1. The standard InChI is InChI=1S/C25H25N3O5/c1-16-9-11-17(12-10-16)15-26-28-25(30)19-7-5-6-8-20(19)27-24(29)18-13-21(31-2)23(33-4)22(14-18)32-3/h5-15H,1-4H3,(H,27,29)(H,28,30)/b26-15-. The van der Waals surface area contributed by atoms with Crippen LogP contribution in [0.5, 0.6) is 17.2 Å². The van der Waals surface area contributed by atoms with E-state index in [0.29, 0.717) is 22.9 Å². The number of carbonyl (C=O) groups excluding carboxylic acids is 2. The highest BCUT2D eigenvalue weighted by atomic mass is 16.5. The highest BCUT2D eigenvalue weighted by Gasteiger charge is 2.19. The Balaban J connectivity index is 1.78. The molecule has 8 nitrogen and oxygen atoms in total. The van der Waals surface area contributed by atoms with Gasteiger partial charge in [-0.25, -0.2) is 5.43 Å². The van der Waals surface area contributed by atoms with E-state index in [1.165, 1.54) is 33.5 Å². The largest absolute Gasteiger partial charge is 0.493 e. The lowest BCUT2D eigenvalue weighted by molar-refractivity contribution is 0.0956. The number of anilines is 1. The van der Waals surface area contributed by atoms with Gasteiger partial charge in [-0.3, -0.25) is 9.59 Å². The number of hydrazone groups is 1. The van der Waals surface area contributed by atoms with Crippen molar-refractivity contribution >= 4 is 23.7 Å². The van der Waals surface area contributed by atoms with Gasteiger partial charge in [0.2, 0.25) is 5.75 Å². The predicted molar refractivity (Wildman–Crippen MR) is 127 cm³/mol. The van der Waals surface area contributed by atoms with Crippen molar-refractivity contribution in [3.05, 3.63) is 82.9 Å². The molecule has 0 atom stereocenters. The molecule has 3 rings (SSSR count). The van der Waals surface area contributed by atoms with E-state index in [-0.39, 0.29) is 11.1 Å². The molecule has 0 radical (unpaired) electrons. The Morgan fingerprint density at radius 1 is 0.848 bits per heavy atom. The molecule has 0 aliphatic carbocycles. The fourth-order valence-corrected chi connectivity index (χ4v) is 3.07. The van der Waals surface area contributed by atoms with Gasteiger partial charge < -0.3 is 19.5 Å². The molecule has 3 aromatic carbocycles. The van der Waals surface area contributed by atoms with Gasteiger partial charge in [0.1, 0.15) is 0 Å². The first kappa shape index (κ1) is 23.3. The summed E-state index contributed by atoms with van der Waals surface area (Å²) < 4.78 is 15.9. The lowest BCUT2D eigenvalue weighted by atomic mass is 10.1. The first-order valence-corrected chi connectivity index (χ1v) is 10.1. The summed E-state index contributed by atoms with van der Waals surface area (Å²) >= 11 is 0. The third-order valence-corrected chi connectivity index (χ3v) is 4.80. The zero-order valence-electron chi connectivity index (χ0n) is 18.8. The summed E-state index contributed by atoms with van der Waals surface area (Å²) in [6.45, 7) is 1.99. The molecule has 8 heteroatoms. The summed E-state index contributed by atoms with van der Waals surface area (Å²) in [6, 6.07) is 17.4. The minimum atomic E-state index is -0.459. The van der Waals surface area contributed by atoms with Gasteiger partial charge in [0.25, 0.3) is 11.8 Å². The number of aryl methyl sites for hydroxylation is 1.